The molecular formula is C14H21N3O6S. The summed E-state index contributed by atoms with van der Waals surface area (Å²) in [5.74, 6) is -0.589. The van der Waals surface area contributed by atoms with Gasteiger partial charge in [-0.3, -0.25) is 9.59 Å². The number of ether oxygens (including phenoxy) is 1. The number of likely N-dealkylation sites (tertiary alicyclic amines) is 1. The van der Waals surface area contributed by atoms with Gasteiger partial charge in [0, 0.05) is 32.1 Å². The van der Waals surface area contributed by atoms with E-state index in [1.54, 1.807) is 4.90 Å². The molecule has 3 rings (SSSR count). The zero-order chi connectivity index (χ0) is 17.5. The number of imide groups is 1. The fraction of sp³-hybridized carbons (Fsp3) is 0.786. The third-order valence-electron chi connectivity index (χ3n) is 4.90. The Morgan fingerprint density at radius 3 is 2.33 bits per heavy atom. The highest BCUT2D eigenvalue weighted by molar-refractivity contribution is 7.88. The van der Waals surface area contributed by atoms with Crippen LogP contribution in [0.1, 0.15) is 19.3 Å². The van der Waals surface area contributed by atoms with Gasteiger partial charge in [-0.25, -0.2) is 22.4 Å². The SMILES string of the molecule is CS(=O)(=O)N1CCC(C(=O)N2CCC(N3C(=O)COC3=O)C2)CC1. The van der Waals surface area contributed by atoms with E-state index in [-0.39, 0.29) is 30.4 Å². The highest BCUT2D eigenvalue weighted by Crippen LogP contribution is 2.25. The van der Waals surface area contributed by atoms with E-state index in [1.165, 1.54) is 10.6 Å². The first-order valence-electron chi connectivity index (χ1n) is 8.00. The number of amides is 3. The Morgan fingerprint density at radius 2 is 1.79 bits per heavy atom. The van der Waals surface area contributed by atoms with Gasteiger partial charge < -0.3 is 9.64 Å². The molecule has 3 amide bonds. The molecule has 134 valence electrons. The van der Waals surface area contributed by atoms with Crippen LogP contribution in [0.5, 0.6) is 0 Å². The lowest BCUT2D eigenvalue weighted by molar-refractivity contribution is -0.136. The van der Waals surface area contributed by atoms with Crippen molar-refractivity contribution in [2.45, 2.75) is 25.3 Å². The van der Waals surface area contributed by atoms with E-state index < -0.39 is 16.1 Å². The lowest BCUT2D eigenvalue weighted by Gasteiger charge is -2.31. The third-order valence-corrected chi connectivity index (χ3v) is 6.20. The van der Waals surface area contributed by atoms with Gasteiger partial charge in [0.1, 0.15) is 0 Å². The molecule has 0 N–H and O–H groups in total. The topological polar surface area (TPSA) is 104 Å². The van der Waals surface area contributed by atoms with Crippen LogP contribution in [0.25, 0.3) is 0 Å². The Labute approximate surface area is 140 Å². The average Bonchev–Trinajstić information content (AvgIpc) is 3.13. The van der Waals surface area contributed by atoms with Crippen molar-refractivity contribution in [3.8, 4) is 0 Å². The second-order valence-corrected chi connectivity index (χ2v) is 8.46. The Bertz CT molecular complexity index is 639. The second kappa shape index (κ2) is 6.32. The third kappa shape index (κ3) is 3.25. The molecule has 0 aromatic heterocycles. The maximum Gasteiger partial charge on any atom is 0.417 e. The molecule has 0 aliphatic carbocycles. The number of nitrogens with zero attached hydrogens (tertiary/aromatic N) is 3. The molecule has 3 fully saturated rings. The Morgan fingerprint density at radius 1 is 1.12 bits per heavy atom. The number of carbonyl (C=O) groups is 3. The van der Waals surface area contributed by atoms with E-state index in [9.17, 15) is 22.8 Å². The van der Waals surface area contributed by atoms with Gasteiger partial charge in [-0.15, -0.1) is 0 Å². The zero-order valence-electron chi connectivity index (χ0n) is 13.5. The normalized spacial score (nSPS) is 27.0. The molecule has 3 aliphatic rings. The maximum atomic E-state index is 12.6. The number of rotatable bonds is 3. The molecule has 24 heavy (non-hydrogen) atoms. The summed E-state index contributed by atoms with van der Waals surface area (Å²) < 4.78 is 29.1. The van der Waals surface area contributed by atoms with E-state index in [0.29, 0.717) is 45.4 Å². The maximum absolute atomic E-state index is 12.6. The van der Waals surface area contributed by atoms with Gasteiger partial charge in [-0.1, -0.05) is 0 Å². The van der Waals surface area contributed by atoms with Crippen LogP contribution >= 0.6 is 0 Å². The molecule has 0 aromatic carbocycles. The highest BCUT2D eigenvalue weighted by atomic mass is 32.2. The highest BCUT2D eigenvalue weighted by Gasteiger charge is 2.42. The van der Waals surface area contributed by atoms with Crippen LogP contribution in [-0.4, -0.2) is 85.5 Å². The van der Waals surface area contributed by atoms with Crippen LogP contribution < -0.4 is 0 Å². The summed E-state index contributed by atoms with van der Waals surface area (Å²) in [4.78, 5) is 38.7. The Balaban J connectivity index is 1.56. The Kier molecular flexibility index (Phi) is 4.52. The number of hydrogen-bond acceptors (Lipinski definition) is 6. The predicted octanol–water partition coefficient (Wildman–Crippen LogP) is -0.762. The van der Waals surface area contributed by atoms with Crippen molar-refractivity contribution < 1.29 is 27.5 Å². The molecule has 3 aliphatic heterocycles. The molecule has 0 saturated carbocycles. The van der Waals surface area contributed by atoms with E-state index >= 15 is 0 Å². The molecule has 10 heteroatoms. The second-order valence-electron chi connectivity index (χ2n) is 6.48. The lowest BCUT2D eigenvalue weighted by Crippen LogP contribution is -2.45. The van der Waals surface area contributed by atoms with Gasteiger partial charge in [-0.05, 0) is 19.3 Å². The number of piperidine rings is 1. The summed E-state index contributed by atoms with van der Waals surface area (Å²) in [6, 6.07) is -0.326. The van der Waals surface area contributed by atoms with Crippen LogP contribution in [0, 0.1) is 5.92 Å². The summed E-state index contributed by atoms with van der Waals surface area (Å²) in [7, 11) is -3.21. The van der Waals surface area contributed by atoms with E-state index in [4.69, 9.17) is 4.74 Å². The van der Waals surface area contributed by atoms with Crippen molar-refractivity contribution in [3.05, 3.63) is 0 Å². The summed E-state index contributed by atoms with van der Waals surface area (Å²) >= 11 is 0. The van der Waals surface area contributed by atoms with Crippen LogP contribution in [-0.2, 0) is 24.3 Å². The first-order valence-corrected chi connectivity index (χ1v) is 9.85. The van der Waals surface area contributed by atoms with Gasteiger partial charge in [0.2, 0.25) is 15.9 Å². The summed E-state index contributed by atoms with van der Waals surface area (Å²) in [6.45, 7) is 1.29. The fourth-order valence-electron chi connectivity index (χ4n) is 3.56. The minimum absolute atomic E-state index is 0.0225. The van der Waals surface area contributed by atoms with Crippen molar-refractivity contribution >= 4 is 27.9 Å². The molecule has 0 bridgehead atoms. The van der Waals surface area contributed by atoms with Gasteiger partial charge in [0.05, 0.1) is 12.3 Å². The van der Waals surface area contributed by atoms with Crippen molar-refractivity contribution in [3.63, 3.8) is 0 Å². The minimum atomic E-state index is -3.21. The molecule has 1 atom stereocenters. The molecule has 9 nitrogen and oxygen atoms in total. The van der Waals surface area contributed by atoms with Gasteiger partial charge in [0.15, 0.2) is 6.61 Å². The summed E-state index contributed by atoms with van der Waals surface area (Å²) in [5, 5.41) is 0. The zero-order valence-corrected chi connectivity index (χ0v) is 14.3. The van der Waals surface area contributed by atoms with Crippen molar-refractivity contribution in [1.29, 1.82) is 0 Å². The standard InChI is InChI=1S/C14H21N3O6S/c1-24(21,22)16-6-2-10(3-7-16)13(19)15-5-4-11(8-15)17-12(18)9-23-14(17)20/h10-11H,2-9H2,1H3. The largest absolute Gasteiger partial charge is 0.439 e. The van der Waals surface area contributed by atoms with Gasteiger partial charge >= 0.3 is 6.09 Å². The van der Waals surface area contributed by atoms with Crippen LogP contribution in [0.2, 0.25) is 0 Å². The molecular weight excluding hydrogens is 338 g/mol. The molecule has 0 spiro atoms. The monoisotopic (exact) mass is 359 g/mol. The Hall–Kier alpha value is -1.68. The number of cyclic esters (lactones) is 1. The molecule has 3 saturated heterocycles. The van der Waals surface area contributed by atoms with E-state index in [2.05, 4.69) is 0 Å². The lowest BCUT2D eigenvalue weighted by atomic mass is 9.96. The molecule has 1 unspecified atom stereocenters. The van der Waals surface area contributed by atoms with E-state index in [0.717, 1.165) is 4.90 Å². The first-order chi connectivity index (χ1) is 11.3. The first kappa shape index (κ1) is 17.2. The van der Waals surface area contributed by atoms with Gasteiger partial charge in [0.25, 0.3) is 5.91 Å². The van der Waals surface area contributed by atoms with Gasteiger partial charge in [-0.2, -0.15) is 0 Å². The van der Waals surface area contributed by atoms with Crippen LogP contribution in [0.15, 0.2) is 0 Å². The predicted molar refractivity (Wildman–Crippen MR) is 82.3 cm³/mol. The summed E-state index contributed by atoms with van der Waals surface area (Å²) in [6.07, 6.45) is 2.08. The smallest absolute Gasteiger partial charge is 0.417 e. The van der Waals surface area contributed by atoms with Crippen molar-refractivity contribution in [2.24, 2.45) is 5.92 Å². The quantitative estimate of drug-likeness (QED) is 0.656. The summed E-state index contributed by atoms with van der Waals surface area (Å²) in [5.41, 5.74) is 0. The van der Waals surface area contributed by atoms with Crippen molar-refractivity contribution in [2.75, 3.05) is 39.0 Å². The fourth-order valence-corrected chi connectivity index (χ4v) is 4.44. The average molecular weight is 359 g/mol. The number of hydrogen-bond donors (Lipinski definition) is 0. The van der Waals surface area contributed by atoms with E-state index in [1.807, 2.05) is 0 Å². The minimum Gasteiger partial charge on any atom is -0.439 e. The number of carbonyl (C=O) groups excluding carboxylic acids is 3. The van der Waals surface area contributed by atoms with Crippen molar-refractivity contribution in [1.82, 2.24) is 14.1 Å². The molecule has 0 aromatic rings. The number of sulfonamides is 1. The molecule has 0 radical (unpaired) electrons. The molecule has 3 heterocycles. The van der Waals surface area contributed by atoms with Crippen LogP contribution in [0.4, 0.5) is 4.79 Å². The van der Waals surface area contributed by atoms with Crippen LogP contribution in [0.3, 0.4) is 0 Å².